The second-order valence-corrected chi connectivity index (χ2v) is 9.72. The smallest absolute Gasteiger partial charge is 0.224 e. The zero-order valence-corrected chi connectivity index (χ0v) is 16.6. The Kier molecular flexibility index (Phi) is 3.09. The van der Waals surface area contributed by atoms with Gasteiger partial charge in [0.05, 0.1) is 18.3 Å². The van der Waals surface area contributed by atoms with Crippen LogP contribution in [0.1, 0.15) is 63.9 Å². The van der Waals surface area contributed by atoms with Crippen molar-refractivity contribution in [3.63, 3.8) is 0 Å². The number of carbonyl (C=O) groups is 1. The van der Waals surface area contributed by atoms with E-state index in [1.54, 1.807) is 14.0 Å². The zero-order chi connectivity index (χ0) is 18.4. The number of hydrogen-bond donors (Lipinski definition) is 0. The molecule has 2 saturated heterocycles. The number of benzene rings is 1. The van der Waals surface area contributed by atoms with E-state index in [9.17, 15) is 4.79 Å². The van der Waals surface area contributed by atoms with E-state index in [0.717, 1.165) is 24.3 Å². The third-order valence-corrected chi connectivity index (χ3v) is 9.12. The number of rotatable bonds is 1. The van der Waals surface area contributed by atoms with Crippen molar-refractivity contribution in [2.75, 3.05) is 25.1 Å². The van der Waals surface area contributed by atoms with Crippen LogP contribution in [-0.4, -0.2) is 42.6 Å². The SMILES string of the molecule is COc1cccc2c1N(C(C)=O)C13CCCC4(CCCN5CCC21[C@@H]54)CC3. The summed E-state index contributed by atoms with van der Waals surface area (Å²) < 4.78 is 5.81. The maximum Gasteiger partial charge on any atom is 0.224 e. The average Bonchev–Trinajstić information content (AvgIpc) is 3.08. The lowest BCUT2D eigenvalue weighted by Crippen LogP contribution is -2.70. The molecule has 4 heteroatoms. The van der Waals surface area contributed by atoms with E-state index in [1.807, 2.05) is 6.07 Å². The van der Waals surface area contributed by atoms with Crippen LogP contribution in [0.2, 0.25) is 0 Å². The van der Waals surface area contributed by atoms with Crippen LogP contribution in [0.3, 0.4) is 0 Å². The van der Waals surface area contributed by atoms with Gasteiger partial charge >= 0.3 is 0 Å². The van der Waals surface area contributed by atoms with Gasteiger partial charge in [-0.15, -0.1) is 0 Å². The Morgan fingerprint density at radius 3 is 2.74 bits per heavy atom. The molecule has 144 valence electrons. The van der Waals surface area contributed by atoms with Gasteiger partial charge < -0.3 is 9.64 Å². The molecule has 0 aromatic heterocycles. The number of para-hydroxylation sites is 1. The van der Waals surface area contributed by atoms with Crippen LogP contribution in [0.25, 0.3) is 0 Å². The molecule has 3 aliphatic carbocycles. The minimum Gasteiger partial charge on any atom is -0.495 e. The van der Waals surface area contributed by atoms with Crippen LogP contribution in [0.5, 0.6) is 5.75 Å². The number of piperidine rings is 1. The molecule has 6 aliphatic rings. The Bertz CT molecular complexity index is 838. The number of carbonyl (C=O) groups excluding carboxylic acids is 1. The van der Waals surface area contributed by atoms with E-state index in [1.165, 1.54) is 57.2 Å². The lowest BCUT2D eigenvalue weighted by Gasteiger charge is -2.61. The van der Waals surface area contributed by atoms with Gasteiger partial charge in [-0.2, -0.15) is 0 Å². The Balaban J connectivity index is 1.70. The number of nitrogens with zero attached hydrogens (tertiary/aromatic N) is 2. The highest BCUT2D eigenvalue weighted by molar-refractivity contribution is 5.99. The predicted octanol–water partition coefficient (Wildman–Crippen LogP) is 3.87. The molecule has 3 heterocycles. The first-order valence-electron chi connectivity index (χ1n) is 10.8. The zero-order valence-electron chi connectivity index (χ0n) is 16.6. The van der Waals surface area contributed by atoms with Crippen molar-refractivity contribution in [3.05, 3.63) is 23.8 Å². The fraction of sp³-hybridized carbons (Fsp3) is 0.696. The van der Waals surface area contributed by atoms with Crippen molar-refractivity contribution in [2.24, 2.45) is 5.41 Å². The molecule has 0 radical (unpaired) electrons. The summed E-state index contributed by atoms with van der Waals surface area (Å²) in [6.07, 6.45) is 10.1. The highest BCUT2D eigenvalue weighted by atomic mass is 16.5. The molecular formula is C23H30N2O2. The molecule has 3 spiro atoms. The maximum absolute atomic E-state index is 13.1. The summed E-state index contributed by atoms with van der Waals surface area (Å²) in [6, 6.07) is 7.13. The molecule has 3 unspecified atom stereocenters. The van der Waals surface area contributed by atoms with Gasteiger partial charge in [-0.1, -0.05) is 18.6 Å². The van der Waals surface area contributed by atoms with Gasteiger partial charge in [-0.25, -0.2) is 0 Å². The summed E-state index contributed by atoms with van der Waals surface area (Å²) in [7, 11) is 1.75. The van der Waals surface area contributed by atoms with Crippen molar-refractivity contribution < 1.29 is 9.53 Å². The van der Waals surface area contributed by atoms with Gasteiger partial charge in [0.15, 0.2) is 0 Å². The molecule has 4 nitrogen and oxygen atoms in total. The summed E-state index contributed by atoms with van der Waals surface area (Å²) in [4.78, 5) is 18.1. The quantitative estimate of drug-likeness (QED) is 0.756. The van der Waals surface area contributed by atoms with E-state index >= 15 is 0 Å². The fourth-order valence-corrected chi connectivity index (χ4v) is 8.62. The summed E-state index contributed by atoms with van der Waals surface area (Å²) in [5, 5.41) is 0. The van der Waals surface area contributed by atoms with Crippen LogP contribution in [0, 0.1) is 5.41 Å². The normalized spacial score (nSPS) is 41.7. The van der Waals surface area contributed by atoms with Crippen molar-refractivity contribution in [1.29, 1.82) is 0 Å². The van der Waals surface area contributed by atoms with Crippen LogP contribution in [0.4, 0.5) is 5.69 Å². The third kappa shape index (κ3) is 1.61. The van der Waals surface area contributed by atoms with Gasteiger partial charge in [0, 0.05) is 18.4 Å². The van der Waals surface area contributed by atoms with Crippen LogP contribution < -0.4 is 9.64 Å². The molecule has 3 saturated carbocycles. The van der Waals surface area contributed by atoms with Crippen molar-refractivity contribution in [2.45, 2.75) is 75.3 Å². The molecule has 27 heavy (non-hydrogen) atoms. The molecule has 5 fully saturated rings. The number of anilines is 1. The minimum absolute atomic E-state index is 0.0491. The maximum atomic E-state index is 13.1. The topological polar surface area (TPSA) is 32.8 Å². The van der Waals surface area contributed by atoms with E-state index < -0.39 is 0 Å². The number of methoxy groups -OCH3 is 1. The predicted molar refractivity (Wildman–Crippen MR) is 105 cm³/mol. The third-order valence-electron chi connectivity index (χ3n) is 9.12. The van der Waals surface area contributed by atoms with Gasteiger partial charge in [0.1, 0.15) is 5.75 Å². The Morgan fingerprint density at radius 2 is 1.93 bits per heavy atom. The molecule has 1 aromatic carbocycles. The highest BCUT2D eigenvalue weighted by Gasteiger charge is 2.76. The number of fused-ring (bicyclic) bond motifs is 4. The Morgan fingerprint density at radius 1 is 1.07 bits per heavy atom. The second-order valence-electron chi connectivity index (χ2n) is 9.72. The second kappa shape index (κ2) is 5.08. The van der Waals surface area contributed by atoms with Gasteiger partial charge in [0.2, 0.25) is 5.91 Å². The summed E-state index contributed by atoms with van der Waals surface area (Å²) in [6.45, 7) is 4.20. The lowest BCUT2D eigenvalue weighted by atomic mass is 9.49. The van der Waals surface area contributed by atoms with Gasteiger partial charge in [0.25, 0.3) is 0 Å². The van der Waals surface area contributed by atoms with Crippen molar-refractivity contribution in [3.8, 4) is 5.75 Å². The van der Waals surface area contributed by atoms with E-state index in [0.29, 0.717) is 11.5 Å². The molecule has 7 rings (SSSR count). The molecule has 1 amide bonds. The first-order chi connectivity index (χ1) is 13.1. The number of amides is 1. The van der Waals surface area contributed by atoms with Gasteiger partial charge in [-0.05, 0) is 75.1 Å². The molecular weight excluding hydrogens is 336 g/mol. The first-order valence-corrected chi connectivity index (χ1v) is 10.8. The Labute approximate surface area is 161 Å². The molecule has 0 N–H and O–H groups in total. The Hall–Kier alpha value is -1.55. The van der Waals surface area contributed by atoms with E-state index in [-0.39, 0.29) is 16.9 Å². The molecule has 3 aliphatic heterocycles. The van der Waals surface area contributed by atoms with Crippen molar-refractivity contribution in [1.82, 2.24) is 4.90 Å². The summed E-state index contributed by atoms with van der Waals surface area (Å²) >= 11 is 0. The van der Waals surface area contributed by atoms with Crippen LogP contribution in [-0.2, 0) is 10.2 Å². The van der Waals surface area contributed by atoms with E-state index in [2.05, 4.69) is 21.9 Å². The number of hydrogen-bond acceptors (Lipinski definition) is 3. The molecule has 4 atom stereocenters. The lowest BCUT2D eigenvalue weighted by molar-refractivity contribution is -0.119. The van der Waals surface area contributed by atoms with Crippen LogP contribution >= 0.6 is 0 Å². The standard InChI is InChI=1S/C23H30N2O2/c1-16(26)25-19-17(6-3-7-18(19)27-2)23-13-15-24-14-5-9-21(20(23)24)8-4-10-22(23,25)12-11-21/h3,6-7,20H,4-5,8-15H2,1-2H3/t20-,21?,22?,23?/m0/s1. The first kappa shape index (κ1) is 16.4. The van der Waals surface area contributed by atoms with Crippen LogP contribution in [0.15, 0.2) is 18.2 Å². The molecule has 1 aromatic rings. The average molecular weight is 367 g/mol. The summed E-state index contributed by atoms with van der Waals surface area (Å²) in [5.74, 6) is 1.08. The largest absolute Gasteiger partial charge is 0.495 e. The van der Waals surface area contributed by atoms with Gasteiger partial charge in [-0.3, -0.25) is 9.69 Å². The number of ether oxygens (including phenoxy) is 1. The minimum atomic E-state index is -0.0491. The highest BCUT2D eigenvalue weighted by Crippen LogP contribution is 2.73. The molecule has 2 bridgehead atoms. The monoisotopic (exact) mass is 366 g/mol. The van der Waals surface area contributed by atoms with Crippen molar-refractivity contribution >= 4 is 11.6 Å². The summed E-state index contributed by atoms with van der Waals surface area (Å²) in [5.41, 5.74) is 3.02. The van der Waals surface area contributed by atoms with E-state index in [4.69, 9.17) is 4.74 Å². The fourth-order valence-electron chi connectivity index (χ4n) is 8.62.